The lowest BCUT2D eigenvalue weighted by Crippen LogP contribution is -2.30. The van der Waals surface area contributed by atoms with Gasteiger partial charge in [0.25, 0.3) is 0 Å². The van der Waals surface area contributed by atoms with Crippen molar-refractivity contribution in [2.45, 2.75) is 19.3 Å². The summed E-state index contributed by atoms with van der Waals surface area (Å²) in [6.45, 7) is 2.14. The van der Waals surface area contributed by atoms with E-state index < -0.39 is 0 Å². The number of hydrogen-bond acceptors (Lipinski definition) is 3. The van der Waals surface area contributed by atoms with E-state index in [0.29, 0.717) is 6.54 Å². The maximum absolute atomic E-state index is 11.8. The number of rotatable bonds is 5. The maximum Gasteiger partial charge on any atom is 0.307 e. The van der Waals surface area contributed by atoms with Gasteiger partial charge in [-0.15, -0.1) is 0 Å². The molecule has 0 bridgehead atoms. The van der Waals surface area contributed by atoms with E-state index in [0.717, 1.165) is 5.56 Å². The molecule has 1 atom stereocenters. The van der Waals surface area contributed by atoms with E-state index in [9.17, 15) is 9.59 Å². The van der Waals surface area contributed by atoms with E-state index in [1.807, 2.05) is 37.3 Å². The summed E-state index contributed by atoms with van der Waals surface area (Å²) < 4.78 is 4.49. The molecular formula is C13H17NO3. The third kappa shape index (κ3) is 4.26. The molecule has 1 N–H and O–H groups in total. The van der Waals surface area contributed by atoms with Crippen LogP contribution in [0.15, 0.2) is 30.3 Å². The molecule has 1 aromatic carbocycles. The Balaban J connectivity index is 2.40. The van der Waals surface area contributed by atoms with E-state index >= 15 is 0 Å². The minimum Gasteiger partial charge on any atom is -0.469 e. The first kappa shape index (κ1) is 13.2. The fourth-order valence-electron chi connectivity index (χ4n) is 1.44. The van der Waals surface area contributed by atoms with E-state index in [1.165, 1.54) is 7.11 Å². The summed E-state index contributed by atoms with van der Waals surface area (Å²) in [5.74, 6) is -0.619. The third-order valence-electron chi connectivity index (χ3n) is 2.55. The lowest BCUT2D eigenvalue weighted by Gasteiger charge is -2.11. The van der Waals surface area contributed by atoms with Crippen LogP contribution in [-0.4, -0.2) is 25.5 Å². The molecule has 4 heteroatoms. The quantitative estimate of drug-likeness (QED) is 0.786. The van der Waals surface area contributed by atoms with Gasteiger partial charge in [0.1, 0.15) is 0 Å². The number of benzene rings is 1. The van der Waals surface area contributed by atoms with Gasteiger partial charge in [-0.25, -0.2) is 0 Å². The van der Waals surface area contributed by atoms with Gasteiger partial charge in [0.2, 0.25) is 5.91 Å². The molecule has 0 aromatic heterocycles. The van der Waals surface area contributed by atoms with Gasteiger partial charge in [-0.1, -0.05) is 30.3 Å². The van der Waals surface area contributed by atoms with Gasteiger partial charge in [0.05, 0.1) is 19.4 Å². The highest BCUT2D eigenvalue weighted by molar-refractivity contribution is 5.83. The lowest BCUT2D eigenvalue weighted by molar-refractivity contribution is -0.140. The van der Waals surface area contributed by atoms with Crippen LogP contribution < -0.4 is 5.32 Å². The van der Waals surface area contributed by atoms with Crippen LogP contribution in [0.1, 0.15) is 24.8 Å². The van der Waals surface area contributed by atoms with Crippen LogP contribution >= 0.6 is 0 Å². The number of carbonyl (C=O) groups excluding carboxylic acids is 2. The zero-order valence-electron chi connectivity index (χ0n) is 10.1. The van der Waals surface area contributed by atoms with Crippen molar-refractivity contribution in [3.63, 3.8) is 0 Å². The number of nitrogens with one attached hydrogen (secondary N) is 1. The number of carbonyl (C=O) groups is 2. The molecule has 0 fully saturated rings. The van der Waals surface area contributed by atoms with Crippen LogP contribution in [-0.2, 0) is 14.3 Å². The van der Waals surface area contributed by atoms with Crippen molar-refractivity contribution in [2.24, 2.45) is 0 Å². The molecule has 0 aliphatic carbocycles. The SMILES string of the molecule is COC(=O)CCNC(=O)C(C)c1ccccc1. The van der Waals surface area contributed by atoms with Gasteiger partial charge >= 0.3 is 5.97 Å². The molecule has 0 aliphatic rings. The Kier molecular flexibility index (Phi) is 5.20. The summed E-state index contributed by atoms with van der Waals surface area (Å²) >= 11 is 0. The van der Waals surface area contributed by atoms with Crippen molar-refractivity contribution in [3.8, 4) is 0 Å². The number of esters is 1. The Morgan fingerprint density at radius 2 is 1.94 bits per heavy atom. The van der Waals surface area contributed by atoms with Crippen LogP contribution in [0.4, 0.5) is 0 Å². The van der Waals surface area contributed by atoms with Crippen LogP contribution in [0.25, 0.3) is 0 Å². The Morgan fingerprint density at radius 1 is 1.29 bits per heavy atom. The highest BCUT2D eigenvalue weighted by atomic mass is 16.5. The normalized spacial score (nSPS) is 11.6. The molecule has 0 spiro atoms. The van der Waals surface area contributed by atoms with Crippen molar-refractivity contribution >= 4 is 11.9 Å². The minimum absolute atomic E-state index is 0.0832. The molecule has 1 unspecified atom stereocenters. The number of amides is 1. The first-order chi connectivity index (χ1) is 8.15. The molecule has 1 aromatic rings. The lowest BCUT2D eigenvalue weighted by atomic mass is 10.0. The molecule has 0 saturated heterocycles. The van der Waals surface area contributed by atoms with Crippen molar-refractivity contribution < 1.29 is 14.3 Å². The zero-order valence-corrected chi connectivity index (χ0v) is 10.1. The standard InChI is InChI=1S/C13H17NO3/c1-10(11-6-4-3-5-7-11)13(16)14-9-8-12(15)17-2/h3-7,10H,8-9H2,1-2H3,(H,14,16). The van der Waals surface area contributed by atoms with E-state index in [2.05, 4.69) is 10.1 Å². The number of methoxy groups -OCH3 is 1. The molecule has 0 aliphatic heterocycles. The molecule has 92 valence electrons. The fraction of sp³-hybridized carbons (Fsp3) is 0.385. The van der Waals surface area contributed by atoms with E-state index in [-0.39, 0.29) is 24.2 Å². The maximum atomic E-state index is 11.8. The molecule has 17 heavy (non-hydrogen) atoms. The highest BCUT2D eigenvalue weighted by Crippen LogP contribution is 2.14. The Morgan fingerprint density at radius 3 is 2.53 bits per heavy atom. The molecule has 0 radical (unpaired) electrons. The predicted molar refractivity (Wildman–Crippen MR) is 64.5 cm³/mol. The smallest absolute Gasteiger partial charge is 0.307 e. The number of hydrogen-bond donors (Lipinski definition) is 1. The van der Waals surface area contributed by atoms with Crippen LogP contribution in [0.2, 0.25) is 0 Å². The zero-order chi connectivity index (χ0) is 12.7. The van der Waals surface area contributed by atoms with Gasteiger partial charge in [-0.3, -0.25) is 9.59 Å². The Bertz CT molecular complexity index is 376. The van der Waals surface area contributed by atoms with Gasteiger partial charge in [-0.2, -0.15) is 0 Å². The molecule has 1 amide bonds. The number of ether oxygens (including phenoxy) is 1. The van der Waals surface area contributed by atoms with E-state index in [4.69, 9.17) is 0 Å². The summed E-state index contributed by atoms with van der Waals surface area (Å²) in [6, 6.07) is 9.52. The van der Waals surface area contributed by atoms with Gasteiger partial charge in [0, 0.05) is 6.54 Å². The topological polar surface area (TPSA) is 55.4 Å². The summed E-state index contributed by atoms with van der Waals surface area (Å²) in [7, 11) is 1.33. The van der Waals surface area contributed by atoms with Crippen LogP contribution in [0, 0.1) is 0 Å². The molecular weight excluding hydrogens is 218 g/mol. The van der Waals surface area contributed by atoms with Gasteiger partial charge in [0.15, 0.2) is 0 Å². The first-order valence-electron chi connectivity index (χ1n) is 5.54. The van der Waals surface area contributed by atoms with E-state index in [1.54, 1.807) is 0 Å². The van der Waals surface area contributed by atoms with Crippen LogP contribution in [0.5, 0.6) is 0 Å². The monoisotopic (exact) mass is 235 g/mol. The first-order valence-corrected chi connectivity index (χ1v) is 5.54. The van der Waals surface area contributed by atoms with Gasteiger partial charge < -0.3 is 10.1 Å². The van der Waals surface area contributed by atoms with Crippen molar-refractivity contribution in [1.29, 1.82) is 0 Å². The van der Waals surface area contributed by atoms with Crippen molar-refractivity contribution in [2.75, 3.05) is 13.7 Å². The largest absolute Gasteiger partial charge is 0.469 e. The molecule has 4 nitrogen and oxygen atoms in total. The summed E-state index contributed by atoms with van der Waals surface area (Å²) in [4.78, 5) is 22.6. The van der Waals surface area contributed by atoms with Crippen molar-refractivity contribution in [3.05, 3.63) is 35.9 Å². The second-order valence-corrected chi connectivity index (χ2v) is 3.75. The Hall–Kier alpha value is -1.84. The fourth-order valence-corrected chi connectivity index (χ4v) is 1.44. The summed E-state index contributed by atoms with van der Waals surface area (Å²) in [5.41, 5.74) is 0.961. The van der Waals surface area contributed by atoms with Crippen molar-refractivity contribution in [1.82, 2.24) is 5.32 Å². The van der Waals surface area contributed by atoms with Gasteiger partial charge in [-0.05, 0) is 12.5 Å². The second kappa shape index (κ2) is 6.68. The summed E-state index contributed by atoms with van der Waals surface area (Å²) in [6.07, 6.45) is 0.198. The average Bonchev–Trinajstić information content (AvgIpc) is 2.38. The third-order valence-corrected chi connectivity index (χ3v) is 2.55. The van der Waals surface area contributed by atoms with Crippen LogP contribution in [0.3, 0.4) is 0 Å². The Labute approximate surface area is 101 Å². The minimum atomic E-state index is -0.322. The summed E-state index contributed by atoms with van der Waals surface area (Å²) in [5, 5.41) is 2.71. The second-order valence-electron chi connectivity index (χ2n) is 3.75. The highest BCUT2D eigenvalue weighted by Gasteiger charge is 2.14. The average molecular weight is 235 g/mol. The molecule has 1 rings (SSSR count). The molecule has 0 heterocycles. The molecule has 0 saturated carbocycles. The predicted octanol–water partition coefficient (Wildman–Crippen LogP) is 1.47.